The van der Waals surface area contributed by atoms with Crippen molar-refractivity contribution in [2.45, 2.75) is 141 Å². The lowest BCUT2D eigenvalue weighted by molar-refractivity contribution is 0.201. The molecule has 71 heavy (non-hydrogen) atoms. The van der Waals surface area contributed by atoms with Crippen LogP contribution in [0.3, 0.4) is 0 Å². The number of rotatable bonds is 8. The van der Waals surface area contributed by atoms with E-state index in [4.69, 9.17) is 9.98 Å². The lowest BCUT2D eigenvalue weighted by atomic mass is 9.74. The van der Waals surface area contributed by atoms with E-state index in [1.54, 1.807) is 16.1 Å². The van der Waals surface area contributed by atoms with Gasteiger partial charge in [-0.1, -0.05) is 154 Å². The van der Waals surface area contributed by atoms with Gasteiger partial charge in [0.15, 0.2) is 5.84 Å². The number of amidine groups is 2. The van der Waals surface area contributed by atoms with Crippen molar-refractivity contribution in [3.05, 3.63) is 210 Å². The molecule has 8 aliphatic carbocycles. The Bertz CT molecular complexity index is 3060. The van der Waals surface area contributed by atoms with E-state index in [9.17, 15) is 0 Å². The molecule has 2 fully saturated rings. The lowest BCUT2D eigenvalue weighted by Crippen LogP contribution is -2.44. The van der Waals surface area contributed by atoms with Crippen LogP contribution in [0.2, 0.25) is 0 Å². The van der Waals surface area contributed by atoms with Crippen LogP contribution in [-0.4, -0.2) is 40.9 Å². The van der Waals surface area contributed by atoms with Gasteiger partial charge in [0.2, 0.25) is 0 Å². The van der Waals surface area contributed by atoms with Gasteiger partial charge in [0.05, 0.1) is 11.7 Å². The Morgan fingerprint density at radius 1 is 0.789 bits per heavy atom. The number of aliphatic imine (C=N–C) groups is 2. The largest absolute Gasteiger partial charge is 0.378 e. The molecule has 1 aromatic carbocycles. The average molecular weight is 952 g/mol. The van der Waals surface area contributed by atoms with Gasteiger partial charge in [-0.25, -0.2) is 9.98 Å². The Morgan fingerprint density at radius 2 is 1.66 bits per heavy atom. The van der Waals surface area contributed by atoms with Crippen molar-refractivity contribution in [3.8, 4) is 0 Å². The van der Waals surface area contributed by atoms with Crippen molar-refractivity contribution in [1.29, 1.82) is 0 Å². The maximum Gasteiger partial charge on any atom is 0.159 e. The summed E-state index contributed by atoms with van der Waals surface area (Å²) in [7, 11) is 0. The van der Waals surface area contributed by atoms with Crippen molar-refractivity contribution in [3.63, 3.8) is 0 Å². The number of benzene rings is 1. The molecule has 13 rings (SSSR count). The quantitative estimate of drug-likeness (QED) is 0.277. The summed E-state index contributed by atoms with van der Waals surface area (Å²) in [4.78, 5) is 17.0. The van der Waals surface area contributed by atoms with E-state index in [1.165, 1.54) is 80.8 Å². The van der Waals surface area contributed by atoms with Gasteiger partial charge < -0.3 is 15.5 Å². The Morgan fingerprint density at radius 3 is 2.46 bits per heavy atom. The van der Waals surface area contributed by atoms with Crippen LogP contribution in [0.4, 0.5) is 0 Å². The molecular formula is C65H69N5S. The van der Waals surface area contributed by atoms with Crippen LogP contribution < -0.4 is 10.6 Å². The molecule has 1 saturated heterocycles. The zero-order valence-electron chi connectivity index (χ0n) is 42.0. The molecule has 0 amide bonds. The van der Waals surface area contributed by atoms with Crippen molar-refractivity contribution in [2.75, 3.05) is 0 Å². The van der Waals surface area contributed by atoms with E-state index in [0.29, 0.717) is 29.8 Å². The van der Waals surface area contributed by atoms with Crippen LogP contribution in [0.5, 0.6) is 0 Å². The molecule has 5 nitrogen and oxygen atoms in total. The first-order valence-corrected chi connectivity index (χ1v) is 28.1. The van der Waals surface area contributed by atoms with Crippen LogP contribution in [0.15, 0.2) is 194 Å². The molecule has 0 spiro atoms. The van der Waals surface area contributed by atoms with Gasteiger partial charge in [0, 0.05) is 61.7 Å². The van der Waals surface area contributed by atoms with Crippen molar-refractivity contribution >= 4 is 34.7 Å². The number of nitrogens with one attached hydrogen (secondary N) is 2. The number of hydrogen-bond acceptors (Lipinski definition) is 6. The number of hydrogen-bond donors (Lipinski definition) is 2. The number of likely N-dealkylation sites (tertiary alicyclic amines) is 1. The Hall–Kier alpha value is -5.98. The van der Waals surface area contributed by atoms with Crippen LogP contribution >= 0.6 is 11.3 Å². The molecule has 6 heteroatoms. The Labute approximate surface area is 426 Å². The zero-order valence-corrected chi connectivity index (χ0v) is 42.8. The Balaban J connectivity index is 0.972. The van der Waals surface area contributed by atoms with E-state index >= 15 is 0 Å². The van der Waals surface area contributed by atoms with Gasteiger partial charge in [0.1, 0.15) is 12.0 Å². The van der Waals surface area contributed by atoms with Gasteiger partial charge in [-0.2, -0.15) is 0 Å². The highest BCUT2D eigenvalue weighted by Gasteiger charge is 2.52. The van der Waals surface area contributed by atoms with E-state index in [2.05, 4.69) is 187 Å². The van der Waals surface area contributed by atoms with Gasteiger partial charge in [-0.05, 0) is 146 Å². The molecule has 2 N–H and O–H groups in total. The number of allylic oxidation sites excluding steroid dienone is 19. The summed E-state index contributed by atoms with van der Waals surface area (Å²) >= 11 is 2.13. The van der Waals surface area contributed by atoms with Crippen molar-refractivity contribution < 1.29 is 0 Å². The molecule has 11 aliphatic rings. The standard InChI is InChI=1S/C65H69N5S/c1-41-53(54-39-46(42-19-8-4-9-20-42)31-32-48(54)43-35-37-65(2,3)38-36-43)40-55(64-68-62(44-21-10-5-11-22-44)67-63(69-64)45-23-12-6-13-24-45)59(66-41)52-29-18-28-49-50-33-34-57-58(61(50)71-60(49)52)51-27-16-17-30-56(51)70(57)47-25-14-7-15-26-47/h5,7-8,10-12,14,19-25,29,32-37,39-41,46,51,56-58,64,66H,4,6,9,13,15-18,26-28,30-31,38H2,1-3H3,(H,67,68,69)/t41?,46-,51?,56?,57?,58?,64?/m0/s1. The third-order valence-corrected chi connectivity index (χ3v) is 18.7. The van der Waals surface area contributed by atoms with E-state index in [1.807, 2.05) is 0 Å². The summed E-state index contributed by atoms with van der Waals surface area (Å²) in [5.41, 5.74) is 17.5. The van der Waals surface area contributed by atoms with E-state index < -0.39 is 0 Å². The first-order valence-electron chi connectivity index (χ1n) is 27.3. The lowest BCUT2D eigenvalue weighted by Gasteiger charge is -2.37. The summed E-state index contributed by atoms with van der Waals surface area (Å²) < 4.78 is 0. The van der Waals surface area contributed by atoms with Crippen molar-refractivity contribution in [2.24, 2.45) is 27.2 Å². The molecule has 7 atom stereocenters. The zero-order chi connectivity index (χ0) is 47.6. The Kier molecular flexibility index (Phi) is 11.7. The highest BCUT2D eigenvalue weighted by Crippen LogP contribution is 2.58. The summed E-state index contributed by atoms with van der Waals surface area (Å²) in [6.45, 7) is 7.09. The highest BCUT2D eigenvalue weighted by atomic mass is 32.1. The summed E-state index contributed by atoms with van der Waals surface area (Å²) in [6, 6.07) is 11.7. The first-order chi connectivity index (χ1) is 34.8. The minimum absolute atomic E-state index is 0.0512. The molecular weight excluding hydrogens is 883 g/mol. The first kappa shape index (κ1) is 44.9. The molecule has 6 unspecified atom stereocenters. The third-order valence-electron chi connectivity index (χ3n) is 17.3. The minimum Gasteiger partial charge on any atom is -0.378 e. The van der Waals surface area contributed by atoms with Gasteiger partial charge in [0.25, 0.3) is 0 Å². The highest BCUT2D eigenvalue weighted by molar-refractivity contribution is 7.13. The van der Waals surface area contributed by atoms with Gasteiger partial charge >= 0.3 is 0 Å². The van der Waals surface area contributed by atoms with Gasteiger partial charge in [-0.15, -0.1) is 11.3 Å². The second kappa shape index (κ2) is 18.6. The molecule has 2 aromatic rings. The second-order valence-corrected chi connectivity index (χ2v) is 23.5. The smallest absolute Gasteiger partial charge is 0.159 e. The predicted octanol–water partition coefficient (Wildman–Crippen LogP) is 14.9. The number of thiophene rings is 1. The molecule has 1 aromatic heterocycles. The van der Waals surface area contributed by atoms with Crippen LogP contribution in [0.25, 0.3) is 11.6 Å². The fraction of sp³-hybridized carbons (Fsp3) is 0.385. The van der Waals surface area contributed by atoms with Crippen LogP contribution in [0, 0.1) is 17.3 Å². The third kappa shape index (κ3) is 8.23. The maximum absolute atomic E-state index is 5.64. The van der Waals surface area contributed by atoms with Gasteiger partial charge in [-0.3, -0.25) is 0 Å². The maximum atomic E-state index is 5.64. The summed E-state index contributed by atoms with van der Waals surface area (Å²) in [5.74, 6) is 3.23. The summed E-state index contributed by atoms with van der Waals surface area (Å²) in [6.07, 6.45) is 59.7. The van der Waals surface area contributed by atoms with E-state index in [0.717, 1.165) is 87.0 Å². The van der Waals surface area contributed by atoms with Crippen LogP contribution in [0.1, 0.15) is 137 Å². The normalized spacial score (nSPS) is 30.4. The molecule has 0 radical (unpaired) electrons. The molecule has 3 aliphatic heterocycles. The van der Waals surface area contributed by atoms with E-state index in [-0.39, 0.29) is 17.6 Å². The number of fused-ring (bicyclic) bond motifs is 7. The molecule has 4 heterocycles. The molecule has 360 valence electrons. The number of dihydropyridines is 1. The SMILES string of the molecule is CC1NC(C2=CCCc3c2sc2c3C=CC3C2C2CCCCC2N3C2=CC=CCC2)=C(C2N=C(c3ccccc3)N=C(C3=CCCC=C3)N2)C=C1C1=C[C@@H](C2=CCCC=C2)CC=C1C1=CCC(C)(C)C=C1. The summed E-state index contributed by atoms with van der Waals surface area (Å²) in [5, 5.41) is 8.31. The second-order valence-electron chi connectivity index (χ2n) is 22.4. The predicted molar refractivity (Wildman–Crippen MR) is 298 cm³/mol. The topological polar surface area (TPSA) is 52.0 Å². The fourth-order valence-electron chi connectivity index (χ4n) is 13.7. The minimum atomic E-state index is -0.376. The fourth-order valence-corrected chi connectivity index (χ4v) is 15.4. The molecule has 1 saturated carbocycles. The van der Waals surface area contributed by atoms with Crippen LogP contribution in [-0.2, 0) is 6.42 Å². The number of nitrogens with zero attached hydrogens (tertiary/aromatic N) is 3. The van der Waals surface area contributed by atoms with Crippen molar-refractivity contribution in [1.82, 2.24) is 15.5 Å². The molecule has 0 bridgehead atoms. The average Bonchev–Trinajstić information content (AvgIpc) is 3.98. The monoisotopic (exact) mass is 952 g/mol.